The summed E-state index contributed by atoms with van der Waals surface area (Å²) in [6, 6.07) is 6.15. The second kappa shape index (κ2) is 10.2. The number of halogens is 1. The van der Waals surface area contributed by atoms with Gasteiger partial charge in [-0.05, 0) is 40.5 Å². The lowest BCUT2D eigenvalue weighted by Crippen LogP contribution is -2.38. The maximum atomic E-state index is 9.10. The van der Waals surface area contributed by atoms with E-state index in [1.54, 1.807) is 0 Å². The van der Waals surface area contributed by atoms with Crippen LogP contribution in [0.5, 0.6) is 5.75 Å². The number of carboxylic acids is 2. The summed E-state index contributed by atoms with van der Waals surface area (Å²) in [5, 5.41) is 14.8. The SMILES string of the molecule is Cc1ccc(OCCN2CCOCC2)c(Br)c1.O=C(O)C(=O)O. The monoisotopic (exact) mass is 389 g/mol. The minimum atomic E-state index is -1.82. The number of rotatable bonds is 4. The number of hydrogen-bond acceptors (Lipinski definition) is 5. The van der Waals surface area contributed by atoms with Crippen LogP contribution in [0.4, 0.5) is 0 Å². The molecule has 0 bridgehead atoms. The van der Waals surface area contributed by atoms with Crippen LogP contribution in [-0.2, 0) is 14.3 Å². The van der Waals surface area contributed by atoms with Crippen LogP contribution < -0.4 is 4.74 Å². The average molecular weight is 390 g/mol. The maximum Gasteiger partial charge on any atom is 0.414 e. The number of aryl methyl sites for hydroxylation is 1. The third kappa shape index (κ3) is 7.96. The largest absolute Gasteiger partial charge is 0.491 e. The van der Waals surface area contributed by atoms with Gasteiger partial charge in [-0.25, -0.2) is 9.59 Å². The Hall–Kier alpha value is -1.64. The summed E-state index contributed by atoms with van der Waals surface area (Å²) in [6.07, 6.45) is 0. The van der Waals surface area contributed by atoms with E-state index in [2.05, 4.69) is 39.9 Å². The first kappa shape index (κ1) is 19.4. The normalized spacial score (nSPS) is 14.5. The zero-order chi connectivity index (χ0) is 17.2. The predicted molar refractivity (Wildman–Crippen MR) is 86.9 cm³/mol. The minimum absolute atomic E-state index is 0.724. The first-order chi connectivity index (χ1) is 10.9. The summed E-state index contributed by atoms with van der Waals surface area (Å²) >= 11 is 3.51. The lowest BCUT2D eigenvalue weighted by Gasteiger charge is -2.26. The van der Waals surface area contributed by atoms with Crippen LogP contribution in [0, 0.1) is 6.92 Å². The van der Waals surface area contributed by atoms with Gasteiger partial charge < -0.3 is 19.7 Å². The van der Waals surface area contributed by atoms with Crippen molar-refractivity contribution in [2.45, 2.75) is 6.92 Å². The molecule has 0 aliphatic carbocycles. The Labute approximate surface area is 142 Å². The number of carbonyl (C=O) groups is 2. The summed E-state index contributed by atoms with van der Waals surface area (Å²) in [4.78, 5) is 20.6. The van der Waals surface area contributed by atoms with E-state index in [1.165, 1.54) is 5.56 Å². The van der Waals surface area contributed by atoms with E-state index >= 15 is 0 Å². The number of hydrogen-bond donors (Lipinski definition) is 2. The molecule has 1 aromatic rings. The molecule has 1 aliphatic rings. The molecule has 1 heterocycles. The first-order valence-electron chi connectivity index (χ1n) is 7.05. The zero-order valence-electron chi connectivity index (χ0n) is 12.8. The number of aliphatic carboxylic acids is 2. The van der Waals surface area contributed by atoms with Gasteiger partial charge in [-0.2, -0.15) is 0 Å². The van der Waals surface area contributed by atoms with Crippen molar-refractivity contribution in [1.29, 1.82) is 0 Å². The number of ether oxygens (including phenoxy) is 2. The van der Waals surface area contributed by atoms with E-state index in [4.69, 9.17) is 29.3 Å². The van der Waals surface area contributed by atoms with Crippen molar-refractivity contribution in [3.8, 4) is 5.75 Å². The maximum absolute atomic E-state index is 9.10. The molecule has 0 radical (unpaired) electrons. The van der Waals surface area contributed by atoms with Crippen molar-refractivity contribution in [1.82, 2.24) is 4.90 Å². The lowest BCUT2D eigenvalue weighted by molar-refractivity contribution is -0.159. The van der Waals surface area contributed by atoms with Gasteiger partial charge in [-0.15, -0.1) is 0 Å². The third-order valence-electron chi connectivity index (χ3n) is 3.04. The Balaban J connectivity index is 0.000000379. The molecule has 23 heavy (non-hydrogen) atoms. The van der Waals surface area contributed by atoms with E-state index in [-0.39, 0.29) is 0 Å². The van der Waals surface area contributed by atoms with E-state index < -0.39 is 11.9 Å². The lowest BCUT2D eigenvalue weighted by atomic mass is 10.2. The Bertz CT molecular complexity index is 519. The highest BCUT2D eigenvalue weighted by molar-refractivity contribution is 9.10. The molecule has 1 aliphatic heterocycles. The van der Waals surface area contributed by atoms with E-state index in [1.807, 2.05) is 6.07 Å². The summed E-state index contributed by atoms with van der Waals surface area (Å²) < 4.78 is 12.1. The van der Waals surface area contributed by atoms with Crippen LogP contribution in [0.3, 0.4) is 0 Å². The third-order valence-corrected chi connectivity index (χ3v) is 3.66. The summed E-state index contributed by atoms with van der Waals surface area (Å²) in [6.45, 7) is 7.47. The number of nitrogens with zero attached hydrogens (tertiary/aromatic N) is 1. The van der Waals surface area contributed by atoms with Gasteiger partial charge in [0.1, 0.15) is 12.4 Å². The van der Waals surface area contributed by atoms with E-state index in [0.29, 0.717) is 0 Å². The minimum Gasteiger partial charge on any atom is -0.491 e. The Morgan fingerprint density at radius 1 is 1.26 bits per heavy atom. The van der Waals surface area contributed by atoms with Gasteiger partial charge in [0.15, 0.2) is 0 Å². The van der Waals surface area contributed by atoms with Crippen LogP contribution in [0.15, 0.2) is 22.7 Å². The summed E-state index contributed by atoms with van der Waals surface area (Å²) in [7, 11) is 0. The highest BCUT2D eigenvalue weighted by Gasteiger charge is 2.10. The molecule has 1 fully saturated rings. The summed E-state index contributed by atoms with van der Waals surface area (Å²) in [5.74, 6) is -2.73. The summed E-state index contributed by atoms with van der Waals surface area (Å²) in [5.41, 5.74) is 1.23. The first-order valence-corrected chi connectivity index (χ1v) is 7.84. The number of carboxylic acid groups (broad SMARTS) is 2. The topological polar surface area (TPSA) is 96.3 Å². The number of benzene rings is 1. The van der Waals surface area contributed by atoms with Gasteiger partial charge in [-0.1, -0.05) is 6.07 Å². The van der Waals surface area contributed by atoms with Crippen molar-refractivity contribution >= 4 is 27.9 Å². The van der Waals surface area contributed by atoms with Gasteiger partial charge >= 0.3 is 11.9 Å². The molecule has 0 saturated carbocycles. The van der Waals surface area contributed by atoms with Crippen LogP contribution in [0.2, 0.25) is 0 Å². The molecule has 1 aromatic carbocycles. The second-order valence-corrected chi connectivity index (χ2v) is 5.70. The van der Waals surface area contributed by atoms with Gasteiger partial charge in [0.25, 0.3) is 0 Å². The highest BCUT2D eigenvalue weighted by atomic mass is 79.9. The molecule has 0 unspecified atom stereocenters. The molecule has 8 heteroatoms. The molecule has 0 aromatic heterocycles. The Kier molecular flexibility index (Phi) is 8.60. The molecule has 0 amide bonds. The van der Waals surface area contributed by atoms with Crippen molar-refractivity contribution < 1.29 is 29.3 Å². The second-order valence-electron chi connectivity index (χ2n) is 4.85. The van der Waals surface area contributed by atoms with E-state index in [0.717, 1.165) is 49.7 Å². The van der Waals surface area contributed by atoms with E-state index in [9.17, 15) is 0 Å². The van der Waals surface area contributed by atoms with Crippen molar-refractivity contribution in [2.24, 2.45) is 0 Å². The smallest absolute Gasteiger partial charge is 0.414 e. The fraction of sp³-hybridized carbons (Fsp3) is 0.467. The quantitative estimate of drug-likeness (QED) is 0.755. The molecular weight excluding hydrogens is 370 g/mol. The fourth-order valence-electron chi connectivity index (χ4n) is 1.83. The van der Waals surface area contributed by atoms with Gasteiger partial charge in [0, 0.05) is 19.6 Å². The zero-order valence-corrected chi connectivity index (χ0v) is 14.4. The van der Waals surface area contributed by atoms with Gasteiger partial charge in [0.2, 0.25) is 0 Å². The van der Waals surface area contributed by atoms with Crippen LogP contribution in [0.25, 0.3) is 0 Å². The molecule has 2 rings (SSSR count). The average Bonchev–Trinajstić information content (AvgIpc) is 2.51. The van der Waals surface area contributed by atoms with Gasteiger partial charge in [0.05, 0.1) is 17.7 Å². The molecule has 0 spiro atoms. The van der Waals surface area contributed by atoms with Crippen LogP contribution >= 0.6 is 15.9 Å². The van der Waals surface area contributed by atoms with Crippen LogP contribution in [-0.4, -0.2) is 66.5 Å². The molecule has 7 nitrogen and oxygen atoms in total. The van der Waals surface area contributed by atoms with Crippen molar-refractivity contribution in [3.63, 3.8) is 0 Å². The van der Waals surface area contributed by atoms with Gasteiger partial charge in [-0.3, -0.25) is 4.90 Å². The molecule has 2 N–H and O–H groups in total. The van der Waals surface area contributed by atoms with Crippen molar-refractivity contribution in [2.75, 3.05) is 39.5 Å². The Morgan fingerprint density at radius 3 is 2.39 bits per heavy atom. The highest BCUT2D eigenvalue weighted by Crippen LogP contribution is 2.25. The molecule has 0 atom stereocenters. The molecule has 1 saturated heterocycles. The molecule has 128 valence electrons. The Morgan fingerprint density at radius 2 is 1.87 bits per heavy atom. The predicted octanol–water partition coefficient (Wildman–Crippen LogP) is 1.62. The molecular formula is C15H20BrNO6. The van der Waals surface area contributed by atoms with Crippen molar-refractivity contribution in [3.05, 3.63) is 28.2 Å². The standard InChI is InChI=1S/C13H18BrNO2.C2H2O4/c1-11-2-3-13(12(14)10-11)17-9-6-15-4-7-16-8-5-15;3-1(4)2(5)6/h2-3,10H,4-9H2,1H3;(H,3,4)(H,5,6). The van der Waals surface area contributed by atoms with Crippen LogP contribution in [0.1, 0.15) is 5.56 Å². The fourth-order valence-corrected chi connectivity index (χ4v) is 2.44. The number of morpholine rings is 1.